The molecule has 0 amide bonds. The van der Waals surface area contributed by atoms with Gasteiger partial charge in [0.1, 0.15) is 0 Å². The summed E-state index contributed by atoms with van der Waals surface area (Å²) in [4.78, 5) is 13.9. The maximum atomic E-state index is 11.4. The first kappa shape index (κ1) is 13.1. The smallest absolute Gasteiger partial charge is 0.159 e. The predicted octanol–water partition coefficient (Wildman–Crippen LogP) is 3.41. The minimum Gasteiger partial charge on any atom is -0.374 e. The Morgan fingerprint density at radius 3 is 3.00 bits per heavy atom. The van der Waals surface area contributed by atoms with E-state index in [9.17, 15) is 4.79 Å². The number of hydrogen-bond acceptors (Lipinski definition) is 3. The van der Waals surface area contributed by atoms with Crippen molar-refractivity contribution in [3.8, 4) is 0 Å². The van der Waals surface area contributed by atoms with E-state index in [1.165, 1.54) is 24.9 Å². The molecule has 0 radical (unpaired) electrons. The molecule has 102 valence electrons. The third-order valence-corrected chi connectivity index (χ3v) is 4.78. The van der Waals surface area contributed by atoms with Crippen LogP contribution in [0.15, 0.2) is 22.7 Å². The van der Waals surface area contributed by atoms with Crippen molar-refractivity contribution in [2.24, 2.45) is 0 Å². The molecule has 0 bridgehead atoms. The summed E-state index contributed by atoms with van der Waals surface area (Å²) in [6, 6.07) is 6.40. The van der Waals surface area contributed by atoms with Gasteiger partial charge in [-0.25, -0.2) is 0 Å². The largest absolute Gasteiger partial charge is 0.374 e. The number of rotatable bonds is 2. The zero-order chi connectivity index (χ0) is 13.4. The standard InChI is InChI=1S/C15H18BrNO2/c1-10(18)11-5-6-13(12(16)9-11)17-7-8-19-15-4-2-3-14(15)17/h5-6,9,14-15H,2-4,7-8H2,1H3. The van der Waals surface area contributed by atoms with Gasteiger partial charge in [0.15, 0.2) is 5.78 Å². The van der Waals surface area contributed by atoms with Crippen LogP contribution in [-0.2, 0) is 4.74 Å². The number of halogens is 1. The summed E-state index contributed by atoms with van der Waals surface area (Å²) in [6.07, 6.45) is 4.00. The number of nitrogens with zero attached hydrogens (tertiary/aromatic N) is 1. The summed E-state index contributed by atoms with van der Waals surface area (Å²) in [5.41, 5.74) is 1.94. The highest BCUT2D eigenvalue weighted by molar-refractivity contribution is 9.10. The number of benzene rings is 1. The molecule has 4 heteroatoms. The monoisotopic (exact) mass is 323 g/mol. The van der Waals surface area contributed by atoms with E-state index < -0.39 is 0 Å². The fourth-order valence-corrected chi connectivity index (χ4v) is 3.79. The lowest BCUT2D eigenvalue weighted by Gasteiger charge is -2.39. The molecule has 0 N–H and O–H groups in total. The highest BCUT2D eigenvalue weighted by atomic mass is 79.9. The molecule has 1 aromatic carbocycles. The Kier molecular flexibility index (Phi) is 3.63. The number of carbonyl (C=O) groups is 1. The maximum absolute atomic E-state index is 11.4. The molecule has 19 heavy (non-hydrogen) atoms. The van der Waals surface area contributed by atoms with E-state index in [1.807, 2.05) is 12.1 Å². The minimum absolute atomic E-state index is 0.105. The van der Waals surface area contributed by atoms with Gasteiger partial charge in [-0.1, -0.05) is 0 Å². The molecule has 1 aliphatic carbocycles. The second kappa shape index (κ2) is 5.25. The molecule has 1 heterocycles. The zero-order valence-electron chi connectivity index (χ0n) is 11.1. The molecule has 1 aliphatic heterocycles. The van der Waals surface area contributed by atoms with Gasteiger partial charge in [0.05, 0.1) is 24.4 Å². The van der Waals surface area contributed by atoms with Crippen LogP contribution < -0.4 is 4.90 Å². The Hall–Kier alpha value is -0.870. The number of fused-ring (bicyclic) bond motifs is 1. The van der Waals surface area contributed by atoms with Gasteiger partial charge >= 0.3 is 0 Å². The molecule has 1 saturated carbocycles. The van der Waals surface area contributed by atoms with Crippen molar-refractivity contribution in [3.05, 3.63) is 28.2 Å². The molecule has 0 spiro atoms. The number of ether oxygens (including phenoxy) is 1. The van der Waals surface area contributed by atoms with Crippen molar-refractivity contribution >= 4 is 27.4 Å². The van der Waals surface area contributed by atoms with E-state index in [1.54, 1.807) is 6.92 Å². The van der Waals surface area contributed by atoms with Crippen molar-refractivity contribution in [2.45, 2.75) is 38.3 Å². The summed E-state index contributed by atoms with van der Waals surface area (Å²) in [6.45, 7) is 3.32. The Bertz CT molecular complexity index is 503. The predicted molar refractivity (Wildman–Crippen MR) is 78.9 cm³/mol. The van der Waals surface area contributed by atoms with Crippen LogP contribution in [0, 0.1) is 0 Å². The first-order chi connectivity index (χ1) is 9.16. The SMILES string of the molecule is CC(=O)c1ccc(N2CCOC3CCCC32)c(Br)c1. The van der Waals surface area contributed by atoms with E-state index in [0.717, 1.165) is 23.2 Å². The molecule has 3 nitrogen and oxygen atoms in total. The Morgan fingerprint density at radius 1 is 1.42 bits per heavy atom. The van der Waals surface area contributed by atoms with Crippen molar-refractivity contribution in [1.29, 1.82) is 0 Å². The van der Waals surface area contributed by atoms with Gasteiger partial charge in [0, 0.05) is 16.6 Å². The van der Waals surface area contributed by atoms with Crippen LogP contribution in [0.5, 0.6) is 0 Å². The number of Topliss-reactive ketones (excluding diaryl/α,β-unsaturated/α-hetero) is 1. The first-order valence-electron chi connectivity index (χ1n) is 6.85. The van der Waals surface area contributed by atoms with Crippen LogP contribution in [0.2, 0.25) is 0 Å². The maximum Gasteiger partial charge on any atom is 0.159 e. The average molecular weight is 324 g/mol. The highest BCUT2D eigenvalue weighted by Crippen LogP contribution is 2.36. The second-order valence-electron chi connectivity index (χ2n) is 5.32. The molecular formula is C15H18BrNO2. The van der Waals surface area contributed by atoms with Crippen LogP contribution >= 0.6 is 15.9 Å². The zero-order valence-corrected chi connectivity index (χ0v) is 12.6. The highest BCUT2D eigenvalue weighted by Gasteiger charge is 2.36. The number of hydrogen-bond donors (Lipinski definition) is 0. The molecule has 3 rings (SSSR count). The van der Waals surface area contributed by atoms with Crippen LogP contribution in [0.25, 0.3) is 0 Å². The molecule has 1 aromatic rings. The van der Waals surface area contributed by atoms with Crippen LogP contribution in [0.3, 0.4) is 0 Å². The molecular weight excluding hydrogens is 306 g/mol. The molecule has 2 fully saturated rings. The molecule has 2 unspecified atom stereocenters. The van der Waals surface area contributed by atoms with Gasteiger partial charge < -0.3 is 9.64 Å². The van der Waals surface area contributed by atoms with Crippen molar-refractivity contribution < 1.29 is 9.53 Å². The topological polar surface area (TPSA) is 29.5 Å². The van der Waals surface area contributed by atoms with E-state index >= 15 is 0 Å². The van der Waals surface area contributed by atoms with E-state index in [-0.39, 0.29) is 5.78 Å². The number of anilines is 1. The molecule has 2 atom stereocenters. The third kappa shape index (κ3) is 2.43. The van der Waals surface area contributed by atoms with Gasteiger partial charge in [-0.05, 0) is 60.3 Å². The number of morpholine rings is 1. The second-order valence-corrected chi connectivity index (χ2v) is 6.18. The van der Waals surface area contributed by atoms with E-state index in [4.69, 9.17) is 4.74 Å². The van der Waals surface area contributed by atoms with Gasteiger partial charge in [-0.2, -0.15) is 0 Å². The minimum atomic E-state index is 0.105. The van der Waals surface area contributed by atoms with Gasteiger partial charge in [-0.15, -0.1) is 0 Å². The average Bonchev–Trinajstić information content (AvgIpc) is 2.86. The summed E-state index contributed by atoms with van der Waals surface area (Å²) in [5.74, 6) is 0.105. The van der Waals surface area contributed by atoms with E-state index in [0.29, 0.717) is 12.1 Å². The number of carbonyl (C=O) groups excluding carboxylic acids is 1. The lowest BCUT2D eigenvalue weighted by molar-refractivity contribution is 0.0256. The van der Waals surface area contributed by atoms with Crippen molar-refractivity contribution in [2.75, 3.05) is 18.1 Å². The first-order valence-corrected chi connectivity index (χ1v) is 7.65. The fourth-order valence-electron chi connectivity index (χ4n) is 3.18. The van der Waals surface area contributed by atoms with Gasteiger partial charge in [0.2, 0.25) is 0 Å². The van der Waals surface area contributed by atoms with Crippen molar-refractivity contribution in [3.63, 3.8) is 0 Å². The van der Waals surface area contributed by atoms with Gasteiger partial charge in [0.25, 0.3) is 0 Å². The fraction of sp³-hybridized carbons (Fsp3) is 0.533. The van der Waals surface area contributed by atoms with Crippen LogP contribution in [0.4, 0.5) is 5.69 Å². The lowest BCUT2D eigenvalue weighted by atomic mass is 10.1. The molecule has 0 aromatic heterocycles. The van der Waals surface area contributed by atoms with Crippen molar-refractivity contribution in [1.82, 2.24) is 0 Å². The molecule has 2 aliphatic rings. The Morgan fingerprint density at radius 2 is 2.26 bits per heavy atom. The summed E-state index contributed by atoms with van der Waals surface area (Å²) < 4.78 is 6.85. The van der Waals surface area contributed by atoms with Crippen LogP contribution in [0.1, 0.15) is 36.5 Å². The Labute approximate surface area is 122 Å². The van der Waals surface area contributed by atoms with Crippen LogP contribution in [-0.4, -0.2) is 31.1 Å². The Balaban J connectivity index is 1.90. The number of ketones is 1. The quantitative estimate of drug-likeness (QED) is 0.781. The normalized spacial score (nSPS) is 26.3. The summed E-state index contributed by atoms with van der Waals surface area (Å²) >= 11 is 3.61. The summed E-state index contributed by atoms with van der Waals surface area (Å²) in [5, 5.41) is 0. The van der Waals surface area contributed by atoms with E-state index in [2.05, 4.69) is 26.9 Å². The molecule has 1 saturated heterocycles. The summed E-state index contributed by atoms with van der Waals surface area (Å²) in [7, 11) is 0. The third-order valence-electron chi connectivity index (χ3n) is 4.15. The van der Waals surface area contributed by atoms with Gasteiger partial charge in [-0.3, -0.25) is 4.79 Å². The lowest BCUT2D eigenvalue weighted by Crippen LogP contribution is -2.48.